The van der Waals surface area contributed by atoms with Gasteiger partial charge in [0.25, 0.3) is 0 Å². The number of aliphatic hydroxyl groups excluding tert-OH is 2. The van der Waals surface area contributed by atoms with Gasteiger partial charge < -0.3 is 24.6 Å². The van der Waals surface area contributed by atoms with Gasteiger partial charge in [-0.05, 0) is 12.8 Å². The van der Waals surface area contributed by atoms with Gasteiger partial charge >= 0.3 is 19.8 Å². The summed E-state index contributed by atoms with van der Waals surface area (Å²) in [6.45, 7) is 2.28. The second-order valence-electron chi connectivity index (χ2n) is 11.2. The summed E-state index contributed by atoms with van der Waals surface area (Å²) in [6, 6.07) is 0. The monoisotopic (exact) mass is 624 g/mol. The summed E-state index contributed by atoms with van der Waals surface area (Å²) in [5, 5.41) is 18.1. The quantitative estimate of drug-likeness (QED) is 0.0412. The molecular weight excluding hydrogens is 563 g/mol. The molecule has 0 spiro atoms. The Labute approximate surface area is 254 Å². The zero-order chi connectivity index (χ0) is 31.3. The summed E-state index contributed by atoms with van der Waals surface area (Å²) in [6.07, 6.45) is 19.7. The van der Waals surface area contributed by atoms with Gasteiger partial charge in [0.05, 0.1) is 19.8 Å². The van der Waals surface area contributed by atoms with Crippen LogP contribution in [0.25, 0.3) is 0 Å². The first-order valence-corrected chi connectivity index (χ1v) is 18.0. The highest BCUT2D eigenvalue weighted by atomic mass is 31.2. The number of carbonyl (C=O) groups is 2. The van der Waals surface area contributed by atoms with Crippen LogP contribution in [0.15, 0.2) is 0 Å². The van der Waals surface area contributed by atoms with E-state index >= 15 is 0 Å². The number of rotatable bonds is 31. The minimum Gasteiger partial charge on any atom is -0.462 e. The molecule has 0 aromatic rings. The molecule has 0 rings (SSSR count). The molecular formula is C31H61O10P. The van der Waals surface area contributed by atoms with Gasteiger partial charge in [-0.25, -0.2) is 4.57 Å². The van der Waals surface area contributed by atoms with E-state index in [1.807, 2.05) is 0 Å². The molecule has 0 aliphatic carbocycles. The molecule has 0 amide bonds. The Bertz CT molecular complexity index is 691. The van der Waals surface area contributed by atoms with Gasteiger partial charge in [0.15, 0.2) is 6.10 Å². The van der Waals surface area contributed by atoms with E-state index in [1.165, 1.54) is 57.8 Å². The topological polar surface area (TPSA) is 149 Å². The maximum absolute atomic E-state index is 12.3. The number of carbonyl (C=O) groups excluding carboxylic acids is 2. The van der Waals surface area contributed by atoms with E-state index < -0.39 is 51.8 Å². The van der Waals surface area contributed by atoms with Gasteiger partial charge in [0.1, 0.15) is 12.7 Å². The normalized spacial score (nSPS) is 14.3. The number of unbranched alkanes of at least 4 members (excludes halogenated alkanes) is 17. The summed E-state index contributed by atoms with van der Waals surface area (Å²) in [4.78, 5) is 34.4. The molecule has 3 atom stereocenters. The average Bonchev–Trinajstić information content (AvgIpc) is 2.97. The summed E-state index contributed by atoms with van der Waals surface area (Å²) >= 11 is 0. The molecule has 3 N–H and O–H groups in total. The van der Waals surface area contributed by atoms with Crippen molar-refractivity contribution >= 4 is 19.8 Å². The van der Waals surface area contributed by atoms with Crippen LogP contribution in [0.3, 0.4) is 0 Å². The molecule has 0 aliphatic rings. The van der Waals surface area contributed by atoms with Gasteiger partial charge in [-0.3, -0.25) is 18.6 Å². The smallest absolute Gasteiger partial charge is 0.462 e. The third-order valence-corrected chi connectivity index (χ3v) is 7.96. The van der Waals surface area contributed by atoms with Crippen LogP contribution in [-0.2, 0) is 32.7 Å². The summed E-state index contributed by atoms with van der Waals surface area (Å²) in [5.41, 5.74) is 0. The van der Waals surface area contributed by atoms with Crippen molar-refractivity contribution in [2.75, 3.05) is 26.4 Å². The lowest BCUT2D eigenvalue weighted by atomic mass is 10.0. The highest BCUT2D eigenvalue weighted by Crippen LogP contribution is 2.43. The molecule has 0 radical (unpaired) electrons. The van der Waals surface area contributed by atoms with Gasteiger partial charge in [-0.2, -0.15) is 0 Å². The Kier molecular flexibility index (Phi) is 28.0. The van der Waals surface area contributed by atoms with Crippen molar-refractivity contribution in [3.05, 3.63) is 0 Å². The third kappa shape index (κ3) is 27.8. The molecule has 0 aliphatic heterocycles. The number of aliphatic hydroxyl groups is 2. The predicted octanol–water partition coefficient (Wildman–Crippen LogP) is 7.16. The Balaban J connectivity index is 4.32. The zero-order valence-corrected chi connectivity index (χ0v) is 27.4. The molecule has 0 aromatic heterocycles. The molecule has 0 aromatic carbocycles. The molecule has 1 unspecified atom stereocenters. The first-order valence-electron chi connectivity index (χ1n) is 16.5. The number of phosphoric acid groups is 1. The Morgan fingerprint density at radius 3 is 1.48 bits per heavy atom. The number of hydrogen-bond donors (Lipinski definition) is 3. The molecule has 250 valence electrons. The Morgan fingerprint density at radius 2 is 1.02 bits per heavy atom. The lowest BCUT2D eigenvalue weighted by Gasteiger charge is -2.20. The molecule has 0 heterocycles. The number of ether oxygens (including phenoxy) is 2. The van der Waals surface area contributed by atoms with Crippen molar-refractivity contribution in [2.24, 2.45) is 0 Å². The van der Waals surface area contributed by atoms with Crippen molar-refractivity contribution in [3.63, 3.8) is 0 Å². The fraction of sp³-hybridized carbons (Fsp3) is 0.935. The van der Waals surface area contributed by atoms with Gasteiger partial charge in [-0.1, -0.05) is 123 Å². The fourth-order valence-corrected chi connectivity index (χ4v) is 5.19. The van der Waals surface area contributed by atoms with Gasteiger partial charge in [-0.15, -0.1) is 0 Å². The zero-order valence-electron chi connectivity index (χ0n) is 26.5. The Hall–Kier alpha value is -1.03. The second-order valence-corrected chi connectivity index (χ2v) is 12.7. The lowest BCUT2D eigenvalue weighted by Crippen LogP contribution is -2.29. The van der Waals surface area contributed by atoms with E-state index in [9.17, 15) is 24.2 Å². The van der Waals surface area contributed by atoms with E-state index in [0.29, 0.717) is 12.8 Å². The summed E-state index contributed by atoms with van der Waals surface area (Å²) < 4.78 is 32.3. The van der Waals surface area contributed by atoms with Crippen molar-refractivity contribution in [2.45, 2.75) is 161 Å². The fourth-order valence-electron chi connectivity index (χ4n) is 4.40. The SMILES string of the molecule is CCCCCCCCCCCCCCCC(=O)OC[C@H](COP(=O)(O)OC[C@@H](O)CO)OC(=O)CCCCCCCC. The molecule has 0 saturated carbocycles. The van der Waals surface area contributed by atoms with Crippen LogP contribution in [-0.4, -0.2) is 65.7 Å². The summed E-state index contributed by atoms with van der Waals surface area (Å²) in [5.74, 6) is -0.930. The summed E-state index contributed by atoms with van der Waals surface area (Å²) in [7, 11) is -4.59. The standard InChI is InChI=1S/C31H61O10P/c1-3-5-7-9-11-12-13-14-15-16-17-19-20-22-30(34)38-26-29(27-40-42(36,37)39-25-28(33)24-32)41-31(35)23-21-18-10-8-6-4-2/h28-29,32-33H,3-27H2,1-2H3,(H,36,37)/t28-,29+/m0/s1. The number of hydrogen-bond acceptors (Lipinski definition) is 9. The highest BCUT2D eigenvalue weighted by molar-refractivity contribution is 7.47. The minimum atomic E-state index is -4.59. The lowest BCUT2D eigenvalue weighted by molar-refractivity contribution is -0.161. The minimum absolute atomic E-state index is 0.186. The van der Waals surface area contributed by atoms with Crippen LogP contribution >= 0.6 is 7.82 Å². The number of phosphoric ester groups is 1. The van der Waals surface area contributed by atoms with Crippen molar-refractivity contribution in [3.8, 4) is 0 Å². The van der Waals surface area contributed by atoms with E-state index in [1.54, 1.807) is 0 Å². The van der Waals surface area contributed by atoms with E-state index in [0.717, 1.165) is 51.4 Å². The average molecular weight is 625 g/mol. The first kappa shape index (κ1) is 41.0. The van der Waals surface area contributed by atoms with Crippen molar-refractivity contribution < 1.29 is 47.8 Å². The van der Waals surface area contributed by atoms with Crippen molar-refractivity contribution in [1.82, 2.24) is 0 Å². The van der Waals surface area contributed by atoms with Crippen LogP contribution in [0.2, 0.25) is 0 Å². The van der Waals surface area contributed by atoms with Crippen LogP contribution in [0.5, 0.6) is 0 Å². The maximum atomic E-state index is 12.3. The van der Waals surface area contributed by atoms with E-state index in [2.05, 4.69) is 18.4 Å². The van der Waals surface area contributed by atoms with E-state index in [4.69, 9.17) is 19.1 Å². The molecule has 0 saturated heterocycles. The highest BCUT2D eigenvalue weighted by Gasteiger charge is 2.27. The molecule has 42 heavy (non-hydrogen) atoms. The predicted molar refractivity (Wildman–Crippen MR) is 164 cm³/mol. The van der Waals surface area contributed by atoms with Crippen LogP contribution in [0.1, 0.15) is 149 Å². The number of esters is 2. The van der Waals surface area contributed by atoms with Gasteiger partial charge in [0, 0.05) is 12.8 Å². The molecule has 10 nitrogen and oxygen atoms in total. The maximum Gasteiger partial charge on any atom is 0.472 e. The van der Waals surface area contributed by atoms with E-state index in [-0.39, 0.29) is 19.4 Å². The Morgan fingerprint density at radius 1 is 0.619 bits per heavy atom. The van der Waals surface area contributed by atoms with Crippen LogP contribution in [0.4, 0.5) is 0 Å². The molecule has 11 heteroatoms. The van der Waals surface area contributed by atoms with Crippen LogP contribution in [0, 0.1) is 0 Å². The van der Waals surface area contributed by atoms with Gasteiger partial charge in [0.2, 0.25) is 0 Å². The van der Waals surface area contributed by atoms with Crippen molar-refractivity contribution in [1.29, 1.82) is 0 Å². The second kappa shape index (κ2) is 28.7. The molecule has 0 bridgehead atoms. The third-order valence-electron chi connectivity index (χ3n) is 7.01. The largest absolute Gasteiger partial charge is 0.472 e. The first-order chi connectivity index (χ1) is 20.2. The van der Waals surface area contributed by atoms with Crippen LogP contribution < -0.4 is 0 Å². The molecule has 0 fully saturated rings.